The van der Waals surface area contributed by atoms with Crippen LogP contribution in [-0.4, -0.2) is 42.3 Å². The summed E-state index contributed by atoms with van der Waals surface area (Å²) in [6.45, 7) is 0.0511. The fourth-order valence-corrected chi connectivity index (χ4v) is 2.27. The van der Waals surface area contributed by atoms with Gasteiger partial charge in [-0.05, 0) is 18.2 Å². The average Bonchev–Trinajstić information content (AvgIpc) is 2.86. The summed E-state index contributed by atoms with van der Waals surface area (Å²) in [4.78, 5) is 23.0. The molecule has 1 amide bonds. The number of carboxylic acid groups (broad SMARTS) is 1. The summed E-state index contributed by atoms with van der Waals surface area (Å²) in [6, 6.07) is 7.05. The van der Waals surface area contributed by atoms with Crippen LogP contribution in [0.3, 0.4) is 0 Å². The van der Waals surface area contributed by atoms with Gasteiger partial charge >= 0.3 is 5.97 Å². The van der Waals surface area contributed by atoms with Crippen LogP contribution in [0.25, 0.3) is 0 Å². The molecule has 0 bridgehead atoms. The molecule has 0 aliphatic carbocycles. The molecule has 1 atom stereocenters. The number of carbonyl (C=O) groups excluding carboxylic acids is 1. The maximum Gasteiger partial charge on any atom is 0.331 e. The van der Waals surface area contributed by atoms with E-state index >= 15 is 0 Å². The summed E-state index contributed by atoms with van der Waals surface area (Å²) in [5, 5.41) is 11.7. The van der Waals surface area contributed by atoms with Gasteiger partial charge in [0.1, 0.15) is 5.75 Å². The zero-order valence-corrected chi connectivity index (χ0v) is 12.2. The van der Waals surface area contributed by atoms with E-state index in [0.717, 1.165) is 4.47 Å². The van der Waals surface area contributed by atoms with Gasteiger partial charge in [0.05, 0.1) is 6.61 Å². The molecule has 2 N–H and O–H groups in total. The quantitative estimate of drug-likeness (QED) is 0.838. The van der Waals surface area contributed by atoms with Crippen molar-refractivity contribution < 1.29 is 24.2 Å². The van der Waals surface area contributed by atoms with Crippen LogP contribution >= 0.6 is 15.9 Å². The lowest BCUT2D eigenvalue weighted by molar-refractivity contribution is -0.148. The Kier molecular flexibility index (Phi) is 4.61. The molecule has 1 aromatic carbocycles. The number of hydrogen-bond acceptors (Lipinski definition) is 4. The van der Waals surface area contributed by atoms with E-state index in [2.05, 4.69) is 21.2 Å². The first kappa shape index (κ1) is 14.8. The molecule has 0 radical (unpaired) electrons. The average molecular weight is 344 g/mol. The molecule has 20 heavy (non-hydrogen) atoms. The van der Waals surface area contributed by atoms with Crippen LogP contribution in [0.2, 0.25) is 0 Å². The van der Waals surface area contributed by atoms with Crippen LogP contribution in [0, 0.1) is 0 Å². The monoisotopic (exact) mass is 343 g/mol. The number of carbonyl (C=O) groups is 2. The highest BCUT2D eigenvalue weighted by molar-refractivity contribution is 9.10. The Morgan fingerprint density at radius 3 is 2.90 bits per heavy atom. The van der Waals surface area contributed by atoms with Crippen LogP contribution in [0.1, 0.15) is 6.42 Å². The molecule has 1 fully saturated rings. The summed E-state index contributed by atoms with van der Waals surface area (Å²) in [6.07, 6.45) is 0.255. The molecule has 1 aliphatic rings. The van der Waals surface area contributed by atoms with E-state index in [1.165, 1.54) is 0 Å². The highest BCUT2D eigenvalue weighted by Crippen LogP contribution is 2.20. The third kappa shape index (κ3) is 3.49. The van der Waals surface area contributed by atoms with Crippen molar-refractivity contribution >= 4 is 27.8 Å². The van der Waals surface area contributed by atoms with E-state index < -0.39 is 17.4 Å². The third-order valence-corrected chi connectivity index (χ3v) is 3.47. The number of hydrogen-bond donors (Lipinski definition) is 2. The van der Waals surface area contributed by atoms with Crippen molar-refractivity contribution in [2.45, 2.75) is 12.0 Å². The number of amides is 1. The van der Waals surface area contributed by atoms with Gasteiger partial charge in [-0.25, -0.2) is 4.79 Å². The van der Waals surface area contributed by atoms with Crippen molar-refractivity contribution in [3.05, 3.63) is 28.7 Å². The summed E-state index contributed by atoms with van der Waals surface area (Å²) >= 11 is 3.29. The van der Waals surface area contributed by atoms with E-state index in [-0.39, 0.29) is 19.6 Å². The predicted octanol–water partition coefficient (Wildman–Crippen LogP) is 1.19. The van der Waals surface area contributed by atoms with Gasteiger partial charge in [-0.15, -0.1) is 0 Å². The largest absolute Gasteiger partial charge is 0.484 e. The molecule has 7 heteroatoms. The second kappa shape index (κ2) is 6.23. The lowest BCUT2D eigenvalue weighted by atomic mass is 9.99. The Morgan fingerprint density at radius 2 is 2.30 bits per heavy atom. The number of benzene rings is 1. The van der Waals surface area contributed by atoms with Crippen molar-refractivity contribution in [2.75, 3.05) is 19.8 Å². The molecule has 1 heterocycles. The summed E-state index contributed by atoms with van der Waals surface area (Å²) in [5.41, 5.74) is -1.34. The van der Waals surface area contributed by atoms with Gasteiger partial charge in [0.15, 0.2) is 12.1 Å². The minimum Gasteiger partial charge on any atom is -0.484 e. The fourth-order valence-electron chi connectivity index (χ4n) is 1.89. The zero-order valence-electron chi connectivity index (χ0n) is 10.6. The number of ether oxygens (including phenoxy) is 2. The summed E-state index contributed by atoms with van der Waals surface area (Å²) < 4.78 is 11.2. The minimum atomic E-state index is -1.34. The van der Waals surface area contributed by atoms with Crippen LogP contribution in [0.5, 0.6) is 5.75 Å². The van der Waals surface area contributed by atoms with Gasteiger partial charge in [0, 0.05) is 17.5 Å². The van der Waals surface area contributed by atoms with Gasteiger partial charge in [0.25, 0.3) is 5.91 Å². The maximum absolute atomic E-state index is 11.8. The van der Waals surface area contributed by atoms with Gasteiger partial charge in [0.2, 0.25) is 0 Å². The first-order chi connectivity index (χ1) is 9.52. The molecule has 1 aromatic rings. The third-order valence-electron chi connectivity index (χ3n) is 2.98. The molecule has 6 nitrogen and oxygen atoms in total. The topological polar surface area (TPSA) is 84.9 Å². The Balaban J connectivity index is 1.90. The van der Waals surface area contributed by atoms with Crippen molar-refractivity contribution in [1.82, 2.24) is 5.32 Å². The Hall–Kier alpha value is -1.60. The molecule has 0 aromatic heterocycles. The number of carboxylic acids is 1. The second-order valence-electron chi connectivity index (χ2n) is 4.48. The molecule has 1 aliphatic heterocycles. The first-order valence-corrected chi connectivity index (χ1v) is 6.82. The second-order valence-corrected chi connectivity index (χ2v) is 5.40. The van der Waals surface area contributed by atoms with Crippen molar-refractivity contribution in [1.29, 1.82) is 0 Å². The highest BCUT2D eigenvalue weighted by Gasteiger charge is 2.43. The molecular weight excluding hydrogens is 330 g/mol. The highest BCUT2D eigenvalue weighted by atomic mass is 79.9. The Morgan fingerprint density at radius 1 is 1.50 bits per heavy atom. The van der Waals surface area contributed by atoms with Gasteiger partial charge < -0.3 is 19.9 Å². The first-order valence-electron chi connectivity index (χ1n) is 6.02. The normalized spacial score (nSPS) is 21.4. The van der Waals surface area contributed by atoms with E-state index in [0.29, 0.717) is 12.4 Å². The fraction of sp³-hybridized carbons (Fsp3) is 0.385. The molecular formula is C13H14BrNO5. The minimum absolute atomic E-state index is 0.0229. The van der Waals surface area contributed by atoms with Crippen molar-refractivity contribution in [2.24, 2.45) is 0 Å². The van der Waals surface area contributed by atoms with E-state index in [1.54, 1.807) is 18.2 Å². The summed E-state index contributed by atoms with van der Waals surface area (Å²) in [5.74, 6) is -1.05. The Bertz CT molecular complexity index is 513. The van der Waals surface area contributed by atoms with Crippen LogP contribution in [0.4, 0.5) is 0 Å². The molecule has 1 unspecified atom stereocenters. The predicted molar refractivity (Wildman–Crippen MR) is 73.6 cm³/mol. The van der Waals surface area contributed by atoms with Crippen molar-refractivity contribution in [3.63, 3.8) is 0 Å². The smallest absolute Gasteiger partial charge is 0.331 e. The lowest BCUT2D eigenvalue weighted by Gasteiger charge is -2.23. The van der Waals surface area contributed by atoms with Gasteiger partial charge in [-0.3, -0.25) is 4.79 Å². The zero-order chi connectivity index (χ0) is 14.6. The van der Waals surface area contributed by atoms with Crippen LogP contribution in [-0.2, 0) is 14.3 Å². The number of rotatable bonds is 5. The summed E-state index contributed by atoms with van der Waals surface area (Å²) in [7, 11) is 0. The SMILES string of the molecule is O=C(COc1cccc(Br)c1)NC1(C(=O)O)CCOC1. The van der Waals surface area contributed by atoms with Gasteiger partial charge in [-0.1, -0.05) is 22.0 Å². The standard InChI is InChI=1S/C13H14BrNO5/c14-9-2-1-3-10(6-9)20-7-11(16)15-13(12(17)18)4-5-19-8-13/h1-3,6H,4-5,7-8H2,(H,15,16)(H,17,18). The maximum atomic E-state index is 11.8. The molecule has 2 rings (SSSR count). The molecule has 0 spiro atoms. The number of aliphatic carboxylic acids is 1. The molecule has 1 saturated heterocycles. The number of nitrogens with one attached hydrogen (secondary N) is 1. The van der Waals surface area contributed by atoms with Crippen LogP contribution < -0.4 is 10.1 Å². The Labute approximate surface area is 124 Å². The molecule has 108 valence electrons. The van der Waals surface area contributed by atoms with Crippen molar-refractivity contribution in [3.8, 4) is 5.75 Å². The van der Waals surface area contributed by atoms with Gasteiger partial charge in [-0.2, -0.15) is 0 Å². The van der Waals surface area contributed by atoms with Crippen LogP contribution in [0.15, 0.2) is 28.7 Å². The van der Waals surface area contributed by atoms with E-state index in [4.69, 9.17) is 9.47 Å². The lowest BCUT2D eigenvalue weighted by Crippen LogP contribution is -2.56. The van der Waals surface area contributed by atoms with E-state index in [9.17, 15) is 14.7 Å². The number of halogens is 1. The molecule has 0 saturated carbocycles. The van der Waals surface area contributed by atoms with E-state index in [1.807, 2.05) is 6.07 Å².